The second-order valence-corrected chi connectivity index (χ2v) is 6.33. The monoisotopic (exact) mass is 238 g/mol. The van der Waals surface area contributed by atoms with Gasteiger partial charge in [-0.2, -0.15) is 11.8 Å². The van der Waals surface area contributed by atoms with E-state index in [4.69, 9.17) is 0 Å². The lowest BCUT2D eigenvalue weighted by atomic mass is 10.1. The normalized spacial score (nSPS) is 26.2. The molecule has 0 saturated carbocycles. The third kappa shape index (κ3) is 2.58. The number of Topliss-reactive ketones (excluding diaryl/α,β-unsaturated/α-hetero) is 1. The quantitative estimate of drug-likeness (QED) is 0.737. The summed E-state index contributed by atoms with van der Waals surface area (Å²) in [5.41, 5.74) is 0.851. The zero-order valence-electron chi connectivity index (χ0n) is 8.68. The summed E-state index contributed by atoms with van der Waals surface area (Å²) in [6.45, 7) is 2.16. The van der Waals surface area contributed by atoms with Crippen molar-refractivity contribution in [3.8, 4) is 0 Å². The summed E-state index contributed by atoms with van der Waals surface area (Å²) in [6, 6.07) is 9.63. The van der Waals surface area contributed by atoms with Crippen LogP contribution in [0.25, 0.3) is 0 Å². The average Bonchev–Trinajstić information content (AvgIpc) is 2.30. The Morgan fingerprint density at radius 3 is 2.53 bits per heavy atom. The topological polar surface area (TPSA) is 17.1 Å². The van der Waals surface area contributed by atoms with Gasteiger partial charge in [0.15, 0.2) is 5.78 Å². The van der Waals surface area contributed by atoms with E-state index in [2.05, 4.69) is 6.92 Å². The summed E-state index contributed by atoms with van der Waals surface area (Å²) >= 11 is 3.71. The average molecular weight is 238 g/mol. The molecular formula is C12H14OS2. The molecule has 1 fully saturated rings. The van der Waals surface area contributed by atoms with E-state index < -0.39 is 0 Å². The van der Waals surface area contributed by atoms with Crippen LogP contribution in [0.5, 0.6) is 0 Å². The van der Waals surface area contributed by atoms with Crippen LogP contribution in [0, 0.1) is 0 Å². The molecule has 80 valence electrons. The minimum atomic E-state index is 0.145. The summed E-state index contributed by atoms with van der Waals surface area (Å²) in [7, 11) is 0. The second-order valence-electron chi connectivity index (χ2n) is 3.60. The van der Waals surface area contributed by atoms with Crippen molar-refractivity contribution in [1.29, 1.82) is 0 Å². The Balaban J connectivity index is 2.13. The predicted molar refractivity (Wildman–Crippen MR) is 68.9 cm³/mol. The van der Waals surface area contributed by atoms with E-state index in [-0.39, 0.29) is 5.25 Å². The third-order valence-corrected chi connectivity index (χ3v) is 5.59. The van der Waals surface area contributed by atoms with Crippen LogP contribution in [0.1, 0.15) is 17.3 Å². The fourth-order valence-electron chi connectivity index (χ4n) is 1.69. The first-order valence-corrected chi connectivity index (χ1v) is 7.21. The number of carbonyl (C=O) groups is 1. The molecule has 2 unspecified atom stereocenters. The van der Waals surface area contributed by atoms with Crippen molar-refractivity contribution < 1.29 is 4.79 Å². The van der Waals surface area contributed by atoms with E-state index in [1.807, 2.05) is 42.1 Å². The van der Waals surface area contributed by atoms with E-state index in [1.54, 1.807) is 11.8 Å². The van der Waals surface area contributed by atoms with Crippen LogP contribution < -0.4 is 0 Å². The zero-order chi connectivity index (χ0) is 10.7. The van der Waals surface area contributed by atoms with Crippen LogP contribution >= 0.6 is 23.5 Å². The summed E-state index contributed by atoms with van der Waals surface area (Å²) < 4.78 is 0. The lowest BCUT2D eigenvalue weighted by Crippen LogP contribution is -2.31. The Morgan fingerprint density at radius 1 is 1.20 bits per heavy atom. The van der Waals surface area contributed by atoms with Crippen molar-refractivity contribution in [2.24, 2.45) is 0 Å². The van der Waals surface area contributed by atoms with Crippen molar-refractivity contribution >= 4 is 29.3 Å². The summed E-state index contributed by atoms with van der Waals surface area (Å²) in [5, 5.41) is 0.586. The number of hydrogen-bond donors (Lipinski definition) is 0. The molecule has 0 N–H and O–H groups in total. The number of benzene rings is 1. The minimum absolute atomic E-state index is 0.145. The molecule has 0 bridgehead atoms. The fourth-order valence-corrected chi connectivity index (χ4v) is 4.41. The third-order valence-electron chi connectivity index (χ3n) is 2.50. The molecule has 3 heteroatoms. The zero-order valence-corrected chi connectivity index (χ0v) is 10.3. The van der Waals surface area contributed by atoms with Gasteiger partial charge in [0.05, 0.1) is 5.25 Å². The van der Waals surface area contributed by atoms with E-state index in [0.717, 1.165) is 11.3 Å². The van der Waals surface area contributed by atoms with Crippen molar-refractivity contribution in [3.05, 3.63) is 35.9 Å². The van der Waals surface area contributed by atoms with Gasteiger partial charge in [-0.15, -0.1) is 11.8 Å². The first-order valence-electron chi connectivity index (χ1n) is 5.11. The highest BCUT2D eigenvalue weighted by Crippen LogP contribution is 2.32. The van der Waals surface area contributed by atoms with Crippen molar-refractivity contribution in [2.45, 2.75) is 17.4 Å². The molecule has 0 aliphatic carbocycles. The number of ketones is 1. The van der Waals surface area contributed by atoms with E-state index in [9.17, 15) is 4.79 Å². The van der Waals surface area contributed by atoms with Crippen LogP contribution in [0.2, 0.25) is 0 Å². The Morgan fingerprint density at radius 2 is 1.87 bits per heavy atom. The number of thioether (sulfide) groups is 2. The maximum atomic E-state index is 12.2. The molecule has 1 heterocycles. The van der Waals surface area contributed by atoms with E-state index >= 15 is 0 Å². The molecular weight excluding hydrogens is 224 g/mol. The molecule has 2 atom stereocenters. The Kier molecular flexibility index (Phi) is 3.76. The number of rotatable bonds is 2. The van der Waals surface area contributed by atoms with Crippen molar-refractivity contribution in [2.75, 3.05) is 11.5 Å². The molecule has 1 aromatic rings. The highest BCUT2D eigenvalue weighted by molar-refractivity contribution is 8.07. The van der Waals surface area contributed by atoms with Crippen LogP contribution in [-0.4, -0.2) is 27.8 Å². The molecule has 0 aromatic heterocycles. The van der Waals surface area contributed by atoms with Gasteiger partial charge in [0.2, 0.25) is 0 Å². The highest BCUT2D eigenvalue weighted by atomic mass is 32.2. The Hall–Kier alpha value is -0.410. The summed E-state index contributed by atoms with van der Waals surface area (Å²) in [5.74, 6) is 2.56. The van der Waals surface area contributed by atoms with Crippen LogP contribution in [0.15, 0.2) is 30.3 Å². The fraction of sp³-hybridized carbons (Fsp3) is 0.417. The van der Waals surface area contributed by atoms with Gasteiger partial charge in [0, 0.05) is 22.3 Å². The molecule has 0 radical (unpaired) electrons. The molecule has 0 amide bonds. The molecule has 15 heavy (non-hydrogen) atoms. The van der Waals surface area contributed by atoms with Gasteiger partial charge in [0.1, 0.15) is 0 Å². The predicted octanol–water partition coefficient (Wildman–Crippen LogP) is 3.11. The summed E-state index contributed by atoms with van der Waals surface area (Å²) in [6.07, 6.45) is 0. The molecule has 1 nitrogen and oxygen atoms in total. The molecule has 1 saturated heterocycles. The Labute approximate surface area is 99.0 Å². The molecule has 1 aliphatic rings. The first-order chi connectivity index (χ1) is 7.29. The largest absolute Gasteiger partial charge is 0.293 e. The lowest BCUT2D eigenvalue weighted by Gasteiger charge is -2.26. The van der Waals surface area contributed by atoms with Crippen LogP contribution in [0.3, 0.4) is 0 Å². The maximum Gasteiger partial charge on any atom is 0.176 e. The molecule has 2 rings (SSSR count). The smallest absolute Gasteiger partial charge is 0.176 e. The van der Waals surface area contributed by atoms with Crippen LogP contribution in [-0.2, 0) is 0 Å². The van der Waals surface area contributed by atoms with Crippen molar-refractivity contribution in [1.82, 2.24) is 0 Å². The van der Waals surface area contributed by atoms with Gasteiger partial charge in [-0.3, -0.25) is 4.79 Å². The van der Waals surface area contributed by atoms with Crippen LogP contribution in [0.4, 0.5) is 0 Å². The lowest BCUT2D eigenvalue weighted by molar-refractivity contribution is 0.0989. The highest BCUT2D eigenvalue weighted by Gasteiger charge is 2.29. The standard InChI is InChI=1S/C12H14OS2/c1-9-12(15-8-7-14-9)11(13)10-5-3-2-4-6-10/h2-6,9,12H,7-8H2,1H3. The van der Waals surface area contributed by atoms with Gasteiger partial charge in [-0.05, 0) is 0 Å². The second kappa shape index (κ2) is 5.08. The maximum absolute atomic E-state index is 12.2. The van der Waals surface area contributed by atoms with E-state index in [0.29, 0.717) is 11.0 Å². The SMILES string of the molecule is CC1SCCSC1C(=O)c1ccccc1. The van der Waals surface area contributed by atoms with Gasteiger partial charge in [-0.25, -0.2) is 0 Å². The van der Waals surface area contributed by atoms with Crippen molar-refractivity contribution in [3.63, 3.8) is 0 Å². The molecule has 1 aliphatic heterocycles. The summed E-state index contributed by atoms with van der Waals surface area (Å²) in [4.78, 5) is 12.2. The van der Waals surface area contributed by atoms with Gasteiger partial charge in [0.25, 0.3) is 0 Å². The molecule has 1 aromatic carbocycles. The van der Waals surface area contributed by atoms with Gasteiger partial charge in [-0.1, -0.05) is 37.3 Å². The van der Waals surface area contributed by atoms with Gasteiger partial charge < -0.3 is 0 Å². The first kappa shape index (κ1) is 11.1. The Bertz CT molecular complexity index is 337. The molecule has 0 spiro atoms. The number of carbonyl (C=O) groups excluding carboxylic acids is 1. The minimum Gasteiger partial charge on any atom is -0.293 e. The van der Waals surface area contributed by atoms with Gasteiger partial charge >= 0.3 is 0 Å². The number of hydrogen-bond acceptors (Lipinski definition) is 3. The van der Waals surface area contributed by atoms with E-state index in [1.165, 1.54) is 5.75 Å².